The summed E-state index contributed by atoms with van der Waals surface area (Å²) < 4.78 is 0. The number of carbonyl (C=O) groups excluding carboxylic acids is 1. The number of carboxylic acids is 1. The van der Waals surface area contributed by atoms with E-state index in [1.54, 1.807) is 12.2 Å². The molecule has 0 heterocycles. The van der Waals surface area contributed by atoms with Gasteiger partial charge in [-0.05, 0) is 38.0 Å². The van der Waals surface area contributed by atoms with Crippen molar-refractivity contribution >= 4 is 11.8 Å². The number of carboxylic acid groups (broad SMARTS) is 1. The molecule has 0 aromatic heterocycles. The number of Topliss-reactive ketones (excluding diaryl/α,β-unsaturated/α-hetero) is 1. The standard InChI is InChI=1S/C20H32O5/c1-2-3-4-5-6-7-9-15(21)12-13-17-16(10-8-11-20(24)25)18(22)14-19(17)23/h6-7,12-13,15-18,21-22H,2-5,8-11,14H2,1H3,(H,24,25)/b7-6-,13-12+/t15-,16-,17-,18-/m1/s1. The van der Waals surface area contributed by atoms with E-state index in [-0.39, 0.29) is 24.5 Å². The van der Waals surface area contributed by atoms with Gasteiger partial charge in [0.1, 0.15) is 5.78 Å². The van der Waals surface area contributed by atoms with Gasteiger partial charge in [-0.3, -0.25) is 9.59 Å². The maximum Gasteiger partial charge on any atom is 0.303 e. The molecule has 25 heavy (non-hydrogen) atoms. The molecule has 0 aromatic rings. The number of unbranched alkanes of at least 4 members (excludes halogenated alkanes) is 3. The number of hydrogen-bond acceptors (Lipinski definition) is 4. The van der Waals surface area contributed by atoms with Gasteiger partial charge < -0.3 is 15.3 Å². The minimum Gasteiger partial charge on any atom is -0.481 e. The van der Waals surface area contributed by atoms with E-state index < -0.39 is 24.1 Å². The largest absolute Gasteiger partial charge is 0.481 e. The van der Waals surface area contributed by atoms with Crippen LogP contribution < -0.4 is 0 Å². The molecular weight excluding hydrogens is 320 g/mol. The lowest BCUT2D eigenvalue weighted by atomic mass is 9.88. The van der Waals surface area contributed by atoms with E-state index in [1.807, 2.05) is 6.08 Å². The van der Waals surface area contributed by atoms with Gasteiger partial charge in [-0.1, -0.05) is 44.1 Å². The number of rotatable bonds is 12. The Morgan fingerprint density at radius 1 is 1.28 bits per heavy atom. The first-order chi connectivity index (χ1) is 12.0. The first-order valence-corrected chi connectivity index (χ1v) is 9.39. The van der Waals surface area contributed by atoms with Crippen molar-refractivity contribution in [3.8, 4) is 0 Å². The van der Waals surface area contributed by atoms with E-state index in [4.69, 9.17) is 5.11 Å². The molecule has 0 bridgehead atoms. The Morgan fingerprint density at radius 2 is 2.04 bits per heavy atom. The van der Waals surface area contributed by atoms with Gasteiger partial charge >= 0.3 is 5.97 Å². The first-order valence-electron chi connectivity index (χ1n) is 9.39. The predicted molar refractivity (Wildman–Crippen MR) is 97.1 cm³/mol. The maximum absolute atomic E-state index is 12.0. The summed E-state index contributed by atoms with van der Waals surface area (Å²) in [5.74, 6) is -1.58. The van der Waals surface area contributed by atoms with Crippen molar-refractivity contribution in [2.24, 2.45) is 11.8 Å². The van der Waals surface area contributed by atoms with Crippen LogP contribution in [0.3, 0.4) is 0 Å². The number of carbonyl (C=O) groups is 2. The van der Waals surface area contributed by atoms with E-state index >= 15 is 0 Å². The Bertz CT molecular complexity index is 469. The minimum atomic E-state index is -0.868. The predicted octanol–water partition coefficient (Wildman–Crippen LogP) is 3.25. The highest BCUT2D eigenvalue weighted by Crippen LogP contribution is 2.34. The Balaban J connectivity index is 2.45. The third-order valence-electron chi connectivity index (χ3n) is 4.72. The fourth-order valence-corrected chi connectivity index (χ4v) is 3.27. The molecule has 0 saturated heterocycles. The topological polar surface area (TPSA) is 94.8 Å². The Kier molecular flexibility index (Phi) is 10.3. The Morgan fingerprint density at radius 3 is 2.72 bits per heavy atom. The summed E-state index contributed by atoms with van der Waals surface area (Å²) in [6.45, 7) is 2.16. The molecule has 3 N–H and O–H groups in total. The lowest BCUT2D eigenvalue weighted by Crippen LogP contribution is -2.20. The van der Waals surface area contributed by atoms with E-state index in [0.29, 0.717) is 19.3 Å². The summed E-state index contributed by atoms with van der Waals surface area (Å²) in [6, 6.07) is 0. The van der Waals surface area contributed by atoms with Crippen LogP contribution in [0.4, 0.5) is 0 Å². The average Bonchev–Trinajstić information content (AvgIpc) is 2.82. The van der Waals surface area contributed by atoms with Crippen molar-refractivity contribution in [2.75, 3.05) is 0 Å². The molecule has 0 spiro atoms. The zero-order valence-electron chi connectivity index (χ0n) is 15.1. The average molecular weight is 352 g/mol. The lowest BCUT2D eigenvalue weighted by molar-refractivity contribution is -0.137. The van der Waals surface area contributed by atoms with Crippen LogP contribution in [0.2, 0.25) is 0 Å². The molecule has 0 aromatic carbocycles. The van der Waals surface area contributed by atoms with Gasteiger partial charge in [0, 0.05) is 18.8 Å². The minimum absolute atomic E-state index is 0.0358. The molecule has 5 heteroatoms. The normalized spacial score (nSPS) is 25.2. The fourth-order valence-electron chi connectivity index (χ4n) is 3.27. The van der Waals surface area contributed by atoms with Gasteiger partial charge in [-0.2, -0.15) is 0 Å². The van der Waals surface area contributed by atoms with Crippen LogP contribution in [-0.2, 0) is 9.59 Å². The smallest absolute Gasteiger partial charge is 0.303 e. The van der Waals surface area contributed by atoms with Crippen LogP contribution in [0.1, 0.15) is 64.7 Å². The summed E-state index contributed by atoms with van der Waals surface area (Å²) in [6.07, 6.45) is 12.2. The number of allylic oxidation sites excluding steroid dienone is 2. The molecular formula is C20H32O5. The number of aliphatic carboxylic acids is 1. The van der Waals surface area contributed by atoms with Gasteiger partial charge in [-0.15, -0.1) is 0 Å². The quantitative estimate of drug-likeness (QED) is 0.370. The number of hydrogen-bond donors (Lipinski definition) is 3. The molecule has 1 aliphatic carbocycles. The first kappa shape index (κ1) is 21.6. The van der Waals surface area contributed by atoms with Crippen molar-refractivity contribution in [1.29, 1.82) is 0 Å². The number of ketones is 1. The van der Waals surface area contributed by atoms with E-state index in [1.165, 1.54) is 12.8 Å². The van der Waals surface area contributed by atoms with Crippen LogP contribution in [-0.4, -0.2) is 39.3 Å². The van der Waals surface area contributed by atoms with Crippen LogP contribution in [0.25, 0.3) is 0 Å². The molecule has 0 radical (unpaired) electrons. The summed E-state index contributed by atoms with van der Waals surface area (Å²) in [4.78, 5) is 22.7. The molecule has 1 aliphatic rings. The zero-order valence-corrected chi connectivity index (χ0v) is 15.1. The molecule has 1 fully saturated rings. The Hall–Kier alpha value is -1.46. The third kappa shape index (κ3) is 8.45. The van der Waals surface area contributed by atoms with Crippen LogP contribution >= 0.6 is 0 Å². The molecule has 0 aliphatic heterocycles. The number of aliphatic hydroxyl groups excluding tert-OH is 2. The SMILES string of the molecule is CCCCC/C=C\C[C@@H](O)/C=C/[C@H]1C(=O)C[C@@H](O)[C@@H]1CCCC(=O)O. The van der Waals surface area contributed by atoms with Gasteiger partial charge in [0.25, 0.3) is 0 Å². The fraction of sp³-hybridized carbons (Fsp3) is 0.700. The monoisotopic (exact) mass is 352 g/mol. The highest BCUT2D eigenvalue weighted by molar-refractivity contribution is 5.86. The second-order valence-corrected chi connectivity index (χ2v) is 6.87. The highest BCUT2D eigenvalue weighted by atomic mass is 16.4. The van der Waals surface area contributed by atoms with Crippen molar-refractivity contribution in [2.45, 2.75) is 76.9 Å². The Labute approximate surface area is 150 Å². The molecule has 5 nitrogen and oxygen atoms in total. The van der Waals surface area contributed by atoms with Gasteiger partial charge in [0.2, 0.25) is 0 Å². The molecule has 142 valence electrons. The van der Waals surface area contributed by atoms with Gasteiger partial charge in [0.05, 0.1) is 12.2 Å². The van der Waals surface area contributed by atoms with Crippen molar-refractivity contribution in [3.63, 3.8) is 0 Å². The second kappa shape index (κ2) is 12.0. The zero-order chi connectivity index (χ0) is 18.7. The third-order valence-corrected chi connectivity index (χ3v) is 4.72. The lowest BCUT2D eigenvalue weighted by Gasteiger charge is -2.18. The molecule has 1 saturated carbocycles. The molecule has 0 unspecified atom stereocenters. The number of aliphatic hydroxyl groups is 2. The van der Waals surface area contributed by atoms with E-state index in [9.17, 15) is 19.8 Å². The molecule has 0 amide bonds. The molecule has 4 atom stereocenters. The van der Waals surface area contributed by atoms with Gasteiger partial charge in [-0.25, -0.2) is 0 Å². The van der Waals surface area contributed by atoms with Crippen LogP contribution in [0.5, 0.6) is 0 Å². The second-order valence-electron chi connectivity index (χ2n) is 6.87. The highest BCUT2D eigenvalue weighted by Gasteiger charge is 2.39. The van der Waals surface area contributed by atoms with Gasteiger partial charge in [0.15, 0.2) is 0 Å². The summed E-state index contributed by atoms with van der Waals surface area (Å²) in [5, 5.41) is 28.8. The van der Waals surface area contributed by atoms with Crippen LogP contribution in [0, 0.1) is 11.8 Å². The van der Waals surface area contributed by atoms with E-state index in [0.717, 1.165) is 12.8 Å². The van der Waals surface area contributed by atoms with E-state index in [2.05, 4.69) is 13.0 Å². The maximum atomic E-state index is 12.0. The van der Waals surface area contributed by atoms with Crippen LogP contribution in [0.15, 0.2) is 24.3 Å². The summed E-state index contributed by atoms with van der Waals surface area (Å²) in [7, 11) is 0. The molecule has 1 rings (SSSR count). The van der Waals surface area contributed by atoms with Crippen molar-refractivity contribution in [1.82, 2.24) is 0 Å². The van der Waals surface area contributed by atoms with Crippen molar-refractivity contribution < 1.29 is 24.9 Å². The van der Waals surface area contributed by atoms with Crippen molar-refractivity contribution in [3.05, 3.63) is 24.3 Å². The summed E-state index contributed by atoms with van der Waals surface area (Å²) >= 11 is 0. The summed E-state index contributed by atoms with van der Waals surface area (Å²) in [5.41, 5.74) is 0.